The predicted octanol–water partition coefficient (Wildman–Crippen LogP) is 4.37. The molecular weight excluding hydrogens is 396 g/mol. The number of aromatic amines is 1. The third-order valence-corrected chi connectivity index (χ3v) is 5.43. The van der Waals surface area contributed by atoms with Crippen molar-refractivity contribution in [1.29, 1.82) is 0 Å². The van der Waals surface area contributed by atoms with Crippen LogP contribution in [0.1, 0.15) is 31.1 Å². The molecule has 0 aliphatic rings. The number of aromatic nitrogens is 3. The van der Waals surface area contributed by atoms with E-state index in [-0.39, 0.29) is 5.56 Å². The van der Waals surface area contributed by atoms with Gasteiger partial charge in [0.2, 0.25) is 0 Å². The van der Waals surface area contributed by atoms with Crippen molar-refractivity contribution in [2.24, 2.45) is 0 Å². The fraction of sp³-hybridized carbons (Fsp3) is 0.174. The van der Waals surface area contributed by atoms with Gasteiger partial charge < -0.3 is 5.32 Å². The van der Waals surface area contributed by atoms with Crippen molar-refractivity contribution in [1.82, 2.24) is 19.9 Å². The Bertz CT molecular complexity index is 1250. The van der Waals surface area contributed by atoms with E-state index in [2.05, 4.69) is 27.5 Å². The highest BCUT2D eigenvalue weighted by Crippen LogP contribution is 2.30. The van der Waals surface area contributed by atoms with Crippen LogP contribution < -0.4 is 10.9 Å². The summed E-state index contributed by atoms with van der Waals surface area (Å²) in [5, 5.41) is 5.72. The number of benzene rings is 2. The summed E-state index contributed by atoms with van der Waals surface area (Å²) in [6.07, 6.45) is 3.07. The van der Waals surface area contributed by atoms with E-state index in [0.717, 1.165) is 16.0 Å². The summed E-state index contributed by atoms with van der Waals surface area (Å²) in [5.74, 6) is -0.437. The molecule has 0 unspecified atom stereocenters. The normalized spacial score (nSPS) is 11.6. The summed E-state index contributed by atoms with van der Waals surface area (Å²) < 4.78 is 1.31. The first kappa shape index (κ1) is 20.0. The fourth-order valence-corrected chi connectivity index (χ4v) is 3.90. The van der Waals surface area contributed by atoms with Crippen molar-refractivity contribution < 1.29 is 4.79 Å². The molecule has 0 saturated carbocycles. The Kier molecular flexibility index (Phi) is 5.22. The SMILES string of the molecule is CC(C)(C)NC(=O)c1cnc2c(-c3ccc(Sc4ccccc4)cc3)c[nH]n2c1=O. The van der Waals surface area contributed by atoms with Crippen molar-refractivity contribution in [3.8, 4) is 11.1 Å². The molecule has 4 rings (SSSR count). The molecule has 0 fully saturated rings. The molecule has 7 heteroatoms. The highest BCUT2D eigenvalue weighted by Gasteiger charge is 2.20. The van der Waals surface area contributed by atoms with Crippen LogP contribution in [0, 0.1) is 0 Å². The maximum Gasteiger partial charge on any atom is 0.285 e. The van der Waals surface area contributed by atoms with E-state index in [1.165, 1.54) is 15.6 Å². The quantitative estimate of drug-likeness (QED) is 0.516. The monoisotopic (exact) mass is 418 g/mol. The zero-order chi connectivity index (χ0) is 21.3. The molecule has 0 radical (unpaired) electrons. The second-order valence-corrected chi connectivity index (χ2v) is 9.11. The Morgan fingerprint density at radius 3 is 2.37 bits per heavy atom. The van der Waals surface area contributed by atoms with Gasteiger partial charge >= 0.3 is 0 Å². The molecule has 2 N–H and O–H groups in total. The van der Waals surface area contributed by atoms with Crippen molar-refractivity contribution >= 4 is 23.3 Å². The molecule has 6 nitrogen and oxygen atoms in total. The molecule has 0 aliphatic carbocycles. The predicted molar refractivity (Wildman–Crippen MR) is 119 cm³/mol. The maximum absolute atomic E-state index is 12.8. The third kappa shape index (κ3) is 4.16. The van der Waals surface area contributed by atoms with Gasteiger partial charge in [-0.25, -0.2) is 9.50 Å². The van der Waals surface area contributed by atoms with Crippen LogP contribution in [-0.2, 0) is 0 Å². The molecule has 4 aromatic rings. The molecular formula is C23H22N4O2S. The maximum atomic E-state index is 12.8. The molecule has 30 heavy (non-hydrogen) atoms. The standard InChI is InChI=1S/C23H22N4O2S/c1-23(2,3)26-21(28)19-13-24-20-18(14-25-27(20)22(19)29)15-9-11-17(12-10-15)30-16-7-5-4-6-8-16/h4-14,25H,1-3H3,(H,26,28). The molecule has 0 aliphatic heterocycles. The number of fused-ring (bicyclic) bond motifs is 1. The van der Waals surface area contributed by atoms with E-state index >= 15 is 0 Å². The number of H-pyrrole nitrogens is 1. The molecule has 0 spiro atoms. The topological polar surface area (TPSA) is 79.3 Å². The first-order chi connectivity index (χ1) is 14.3. The number of nitrogens with one attached hydrogen (secondary N) is 2. The van der Waals surface area contributed by atoms with Gasteiger partial charge in [-0.05, 0) is 50.6 Å². The fourth-order valence-electron chi connectivity index (χ4n) is 3.06. The van der Waals surface area contributed by atoms with Gasteiger partial charge in [0.05, 0.1) is 0 Å². The smallest absolute Gasteiger partial charge is 0.285 e. The summed E-state index contributed by atoms with van der Waals surface area (Å²) in [6.45, 7) is 5.59. The minimum absolute atomic E-state index is 0.00503. The molecule has 2 heterocycles. The average Bonchev–Trinajstić information content (AvgIpc) is 3.13. The van der Waals surface area contributed by atoms with Crippen LogP contribution in [0.2, 0.25) is 0 Å². The Morgan fingerprint density at radius 1 is 1.03 bits per heavy atom. The average molecular weight is 419 g/mol. The van der Waals surface area contributed by atoms with Crippen LogP contribution in [0.4, 0.5) is 0 Å². The molecule has 2 aromatic carbocycles. The van der Waals surface area contributed by atoms with E-state index in [1.54, 1.807) is 18.0 Å². The molecule has 1 amide bonds. The Labute approximate surface area is 178 Å². The summed E-state index contributed by atoms with van der Waals surface area (Å²) in [5.41, 5.74) is 1.35. The number of rotatable bonds is 4. The minimum atomic E-state index is -0.441. The first-order valence-electron chi connectivity index (χ1n) is 9.57. The zero-order valence-electron chi connectivity index (χ0n) is 17.0. The number of nitrogens with zero attached hydrogens (tertiary/aromatic N) is 2. The summed E-state index contributed by atoms with van der Waals surface area (Å²) >= 11 is 1.69. The number of hydrogen-bond donors (Lipinski definition) is 2. The first-order valence-corrected chi connectivity index (χ1v) is 10.4. The van der Waals surface area contributed by atoms with Crippen molar-refractivity contribution in [3.05, 3.63) is 82.9 Å². The Hall–Kier alpha value is -3.32. The van der Waals surface area contributed by atoms with Gasteiger partial charge in [-0.2, -0.15) is 0 Å². The van der Waals surface area contributed by atoms with E-state index in [0.29, 0.717) is 5.65 Å². The largest absolute Gasteiger partial charge is 0.347 e. The van der Waals surface area contributed by atoms with E-state index in [1.807, 2.05) is 63.2 Å². The number of carbonyl (C=O) groups excluding carboxylic acids is 1. The summed E-state index contributed by atoms with van der Waals surface area (Å²) in [6, 6.07) is 18.3. The van der Waals surface area contributed by atoms with Gasteiger partial charge in [-0.1, -0.05) is 42.1 Å². The number of carbonyl (C=O) groups is 1. The van der Waals surface area contributed by atoms with Crippen LogP contribution in [0.25, 0.3) is 16.8 Å². The van der Waals surface area contributed by atoms with Crippen molar-refractivity contribution in [2.45, 2.75) is 36.1 Å². The molecule has 0 saturated heterocycles. The third-order valence-electron chi connectivity index (χ3n) is 4.42. The lowest BCUT2D eigenvalue weighted by atomic mass is 10.1. The number of hydrogen-bond acceptors (Lipinski definition) is 4. The second-order valence-electron chi connectivity index (χ2n) is 7.97. The van der Waals surface area contributed by atoms with E-state index in [4.69, 9.17) is 0 Å². The van der Waals surface area contributed by atoms with Gasteiger partial charge in [0.25, 0.3) is 11.5 Å². The minimum Gasteiger partial charge on any atom is -0.347 e. The van der Waals surface area contributed by atoms with Gasteiger partial charge in [-0.15, -0.1) is 0 Å². The molecule has 0 bridgehead atoms. The van der Waals surface area contributed by atoms with Crippen LogP contribution in [0.5, 0.6) is 0 Å². The highest BCUT2D eigenvalue weighted by molar-refractivity contribution is 7.99. The van der Waals surface area contributed by atoms with Crippen LogP contribution in [0.15, 0.2) is 81.6 Å². The number of amides is 1. The van der Waals surface area contributed by atoms with E-state index in [9.17, 15) is 9.59 Å². The Balaban J connectivity index is 1.63. The van der Waals surface area contributed by atoms with Gasteiger partial charge in [0, 0.05) is 33.3 Å². The summed E-state index contributed by atoms with van der Waals surface area (Å²) in [4.78, 5) is 31.9. The lowest BCUT2D eigenvalue weighted by Crippen LogP contribution is -2.43. The molecule has 2 aromatic heterocycles. The Morgan fingerprint density at radius 2 is 1.70 bits per heavy atom. The van der Waals surface area contributed by atoms with Crippen molar-refractivity contribution in [3.63, 3.8) is 0 Å². The van der Waals surface area contributed by atoms with Crippen LogP contribution in [-0.4, -0.2) is 26.0 Å². The van der Waals surface area contributed by atoms with Gasteiger partial charge in [0.1, 0.15) is 5.56 Å². The second kappa shape index (κ2) is 7.84. The van der Waals surface area contributed by atoms with E-state index < -0.39 is 17.0 Å². The lowest BCUT2D eigenvalue weighted by molar-refractivity contribution is 0.0917. The molecule has 0 atom stereocenters. The summed E-state index contributed by atoms with van der Waals surface area (Å²) in [7, 11) is 0. The highest BCUT2D eigenvalue weighted by atomic mass is 32.2. The van der Waals surface area contributed by atoms with Crippen LogP contribution in [0.3, 0.4) is 0 Å². The molecule has 152 valence electrons. The van der Waals surface area contributed by atoms with Crippen LogP contribution >= 0.6 is 11.8 Å². The van der Waals surface area contributed by atoms with Gasteiger partial charge in [0.15, 0.2) is 5.65 Å². The van der Waals surface area contributed by atoms with Gasteiger partial charge in [-0.3, -0.25) is 14.7 Å². The zero-order valence-corrected chi connectivity index (χ0v) is 17.8. The lowest BCUT2D eigenvalue weighted by Gasteiger charge is -2.20. The van der Waals surface area contributed by atoms with Crippen molar-refractivity contribution in [2.75, 3.05) is 0 Å².